The zero-order chi connectivity index (χ0) is 14.5. The third-order valence-electron chi connectivity index (χ3n) is 5.41. The van der Waals surface area contributed by atoms with Gasteiger partial charge < -0.3 is 10.2 Å². The Morgan fingerprint density at radius 1 is 1.00 bits per heavy atom. The van der Waals surface area contributed by atoms with Crippen molar-refractivity contribution in [3.8, 4) is 0 Å². The summed E-state index contributed by atoms with van der Waals surface area (Å²) in [5.41, 5.74) is 0. The summed E-state index contributed by atoms with van der Waals surface area (Å²) in [5.74, 6) is 1.69. The Balaban J connectivity index is 1.77. The molecule has 1 saturated carbocycles. The van der Waals surface area contributed by atoms with Gasteiger partial charge in [0.2, 0.25) is 0 Å². The molecule has 0 amide bonds. The van der Waals surface area contributed by atoms with E-state index in [1.165, 1.54) is 58.4 Å². The average Bonchev–Trinajstić information content (AvgIpc) is 2.43. The van der Waals surface area contributed by atoms with Gasteiger partial charge in [-0.15, -0.1) is 0 Å². The molecule has 2 fully saturated rings. The molecule has 20 heavy (non-hydrogen) atoms. The van der Waals surface area contributed by atoms with Crippen molar-refractivity contribution in [2.24, 2.45) is 11.8 Å². The molecular weight excluding hydrogens is 246 g/mol. The lowest BCUT2D eigenvalue weighted by atomic mass is 9.87. The average molecular weight is 281 g/mol. The first kappa shape index (κ1) is 16.3. The van der Waals surface area contributed by atoms with Crippen LogP contribution < -0.4 is 5.32 Å². The van der Waals surface area contributed by atoms with Crippen molar-refractivity contribution in [1.29, 1.82) is 0 Å². The van der Waals surface area contributed by atoms with Crippen LogP contribution in [-0.4, -0.2) is 61.7 Å². The molecule has 0 spiro atoms. The Kier molecular flexibility index (Phi) is 6.31. The third kappa shape index (κ3) is 4.71. The lowest BCUT2D eigenvalue weighted by molar-refractivity contribution is 0.0846. The maximum absolute atomic E-state index is 3.88. The van der Waals surface area contributed by atoms with Gasteiger partial charge in [-0.2, -0.15) is 0 Å². The highest BCUT2D eigenvalue weighted by atomic mass is 15.3. The smallest absolute Gasteiger partial charge is 0.0244 e. The SMILES string of the molecule is CC1CCC(NCC(C(C)C)N2CCN(C)CC2)CC1. The second-order valence-electron chi connectivity index (χ2n) is 7.52. The highest BCUT2D eigenvalue weighted by Crippen LogP contribution is 2.23. The molecule has 2 aliphatic rings. The lowest BCUT2D eigenvalue weighted by Crippen LogP contribution is -2.54. The molecule has 1 aliphatic carbocycles. The number of nitrogens with one attached hydrogen (secondary N) is 1. The first-order valence-electron chi connectivity index (χ1n) is 8.72. The van der Waals surface area contributed by atoms with E-state index in [-0.39, 0.29) is 0 Å². The summed E-state index contributed by atoms with van der Waals surface area (Å²) in [6.45, 7) is 13.3. The van der Waals surface area contributed by atoms with Crippen LogP contribution in [0.4, 0.5) is 0 Å². The summed E-state index contributed by atoms with van der Waals surface area (Å²) in [4.78, 5) is 5.16. The fourth-order valence-electron chi connectivity index (χ4n) is 3.69. The van der Waals surface area contributed by atoms with Gasteiger partial charge in [0.05, 0.1) is 0 Å². The lowest BCUT2D eigenvalue weighted by Gasteiger charge is -2.41. The fraction of sp³-hybridized carbons (Fsp3) is 1.00. The van der Waals surface area contributed by atoms with Gasteiger partial charge >= 0.3 is 0 Å². The van der Waals surface area contributed by atoms with Crippen LogP contribution in [0.3, 0.4) is 0 Å². The molecule has 1 aliphatic heterocycles. The molecule has 3 heteroatoms. The second-order valence-corrected chi connectivity index (χ2v) is 7.52. The molecule has 1 unspecified atom stereocenters. The zero-order valence-corrected chi connectivity index (χ0v) is 14.1. The Bertz CT molecular complexity index is 263. The molecule has 0 bridgehead atoms. The van der Waals surface area contributed by atoms with E-state index in [2.05, 4.69) is 42.9 Å². The van der Waals surface area contributed by atoms with E-state index >= 15 is 0 Å². The number of rotatable bonds is 5. The second kappa shape index (κ2) is 7.77. The normalized spacial score (nSPS) is 31.6. The summed E-state index contributed by atoms with van der Waals surface area (Å²) in [7, 11) is 2.24. The molecule has 0 radical (unpaired) electrons. The maximum Gasteiger partial charge on any atom is 0.0244 e. The largest absolute Gasteiger partial charge is 0.312 e. The standard InChI is InChI=1S/C17H35N3/c1-14(2)17(20-11-9-19(4)10-12-20)13-18-16-7-5-15(3)6-8-16/h14-18H,5-13H2,1-4H3. The van der Waals surface area contributed by atoms with Crippen LogP contribution in [0.2, 0.25) is 0 Å². The van der Waals surface area contributed by atoms with Crippen molar-refractivity contribution in [3.63, 3.8) is 0 Å². The third-order valence-corrected chi connectivity index (χ3v) is 5.41. The molecule has 1 N–H and O–H groups in total. The minimum atomic E-state index is 0.711. The summed E-state index contributed by atoms with van der Waals surface area (Å²) in [6.07, 6.45) is 5.60. The Labute approximate surface area is 126 Å². The van der Waals surface area contributed by atoms with Crippen molar-refractivity contribution >= 4 is 0 Å². The maximum atomic E-state index is 3.88. The van der Waals surface area contributed by atoms with Crippen molar-refractivity contribution in [2.45, 2.75) is 58.5 Å². The van der Waals surface area contributed by atoms with Crippen LogP contribution in [-0.2, 0) is 0 Å². The van der Waals surface area contributed by atoms with E-state index in [0.29, 0.717) is 6.04 Å². The highest BCUT2D eigenvalue weighted by Gasteiger charge is 2.26. The molecule has 1 saturated heterocycles. The predicted octanol–water partition coefficient (Wildman–Crippen LogP) is 2.43. The molecule has 0 aromatic rings. The topological polar surface area (TPSA) is 18.5 Å². The Morgan fingerprint density at radius 3 is 2.15 bits per heavy atom. The molecule has 3 nitrogen and oxygen atoms in total. The zero-order valence-electron chi connectivity index (χ0n) is 14.1. The van der Waals surface area contributed by atoms with E-state index in [9.17, 15) is 0 Å². The number of nitrogens with zero attached hydrogens (tertiary/aromatic N) is 2. The van der Waals surface area contributed by atoms with Crippen molar-refractivity contribution in [1.82, 2.24) is 15.1 Å². The van der Waals surface area contributed by atoms with Crippen LogP contribution in [0, 0.1) is 11.8 Å². The fourth-order valence-corrected chi connectivity index (χ4v) is 3.69. The first-order chi connectivity index (χ1) is 9.56. The number of hydrogen-bond donors (Lipinski definition) is 1. The molecule has 1 atom stereocenters. The van der Waals surface area contributed by atoms with Gasteiger partial charge in [-0.05, 0) is 44.6 Å². The van der Waals surface area contributed by atoms with E-state index in [1.807, 2.05) is 0 Å². The minimum Gasteiger partial charge on any atom is -0.312 e. The van der Waals surface area contributed by atoms with E-state index in [1.54, 1.807) is 0 Å². The van der Waals surface area contributed by atoms with Gasteiger partial charge in [-0.25, -0.2) is 0 Å². The number of hydrogen-bond acceptors (Lipinski definition) is 3. The van der Waals surface area contributed by atoms with Crippen LogP contribution in [0.25, 0.3) is 0 Å². The molecule has 1 heterocycles. The van der Waals surface area contributed by atoms with Crippen LogP contribution >= 0.6 is 0 Å². The molecular formula is C17H35N3. The summed E-state index contributed by atoms with van der Waals surface area (Å²) in [6, 6.07) is 1.49. The molecule has 2 rings (SSSR count). The van der Waals surface area contributed by atoms with Gasteiger partial charge in [-0.1, -0.05) is 20.8 Å². The quantitative estimate of drug-likeness (QED) is 0.835. The van der Waals surface area contributed by atoms with E-state index in [4.69, 9.17) is 0 Å². The minimum absolute atomic E-state index is 0.711. The van der Waals surface area contributed by atoms with Gasteiger partial charge in [0.1, 0.15) is 0 Å². The van der Waals surface area contributed by atoms with Gasteiger partial charge in [-0.3, -0.25) is 4.90 Å². The molecule has 0 aromatic carbocycles. The Morgan fingerprint density at radius 2 is 1.60 bits per heavy atom. The van der Waals surface area contributed by atoms with Gasteiger partial charge in [0.15, 0.2) is 0 Å². The summed E-state index contributed by atoms with van der Waals surface area (Å²) >= 11 is 0. The van der Waals surface area contributed by atoms with Crippen LogP contribution in [0.1, 0.15) is 46.5 Å². The summed E-state index contributed by atoms with van der Waals surface area (Å²) < 4.78 is 0. The predicted molar refractivity (Wildman–Crippen MR) is 87.1 cm³/mol. The van der Waals surface area contributed by atoms with Crippen LogP contribution in [0.5, 0.6) is 0 Å². The van der Waals surface area contributed by atoms with Crippen molar-refractivity contribution < 1.29 is 0 Å². The van der Waals surface area contributed by atoms with Crippen LogP contribution in [0.15, 0.2) is 0 Å². The highest BCUT2D eigenvalue weighted by molar-refractivity contribution is 4.84. The van der Waals surface area contributed by atoms with Crippen molar-refractivity contribution in [3.05, 3.63) is 0 Å². The number of likely N-dealkylation sites (N-methyl/N-ethyl adjacent to an activating group) is 1. The summed E-state index contributed by atoms with van der Waals surface area (Å²) in [5, 5.41) is 3.88. The van der Waals surface area contributed by atoms with Gasteiger partial charge in [0, 0.05) is 44.8 Å². The first-order valence-corrected chi connectivity index (χ1v) is 8.72. The molecule has 118 valence electrons. The number of piperazine rings is 1. The van der Waals surface area contributed by atoms with Crippen molar-refractivity contribution in [2.75, 3.05) is 39.8 Å². The van der Waals surface area contributed by atoms with E-state index < -0.39 is 0 Å². The van der Waals surface area contributed by atoms with E-state index in [0.717, 1.165) is 17.9 Å². The Hall–Kier alpha value is -0.120. The molecule has 0 aromatic heterocycles. The monoisotopic (exact) mass is 281 g/mol. The van der Waals surface area contributed by atoms with Gasteiger partial charge in [0.25, 0.3) is 0 Å².